The maximum absolute atomic E-state index is 12.8. The topological polar surface area (TPSA) is 92.3 Å². The minimum atomic E-state index is -0.719. The maximum atomic E-state index is 12.8. The highest BCUT2D eigenvalue weighted by molar-refractivity contribution is 6.43. The van der Waals surface area contributed by atoms with E-state index in [1.54, 1.807) is 37.3 Å². The standard InChI is InChI=1S/C19H19ClN4O4/c1-11-19(26)24(12-7-5-4-6-8-12)23-17(21-11)18(25)22-14-10-15(27-2)13(20)9-16(14)28-3/h4-11H,1-3H3,(H,21,23)(H,22,25). The molecule has 2 aromatic carbocycles. The van der Waals surface area contributed by atoms with E-state index in [0.717, 1.165) is 0 Å². The van der Waals surface area contributed by atoms with Crippen LogP contribution in [0, 0.1) is 0 Å². The summed E-state index contributed by atoms with van der Waals surface area (Å²) in [6, 6.07) is 11.3. The van der Waals surface area contributed by atoms with Crippen molar-refractivity contribution in [3.05, 3.63) is 47.5 Å². The molecule has 2 aromatic rings. The number of aliphatic imine (C=N–C) groups is 1. The molecule has 3 rings (SSSR count). The first-order valence-electron chi connectivity index (χ1n) is 8.41. The van der Waals surface area contributed by atoms with Crippen LogP contribution in [0.3, 0.4) is 0 Å². The maximum Gasteiger partial charge on any atom is 0.292 e. The van der Waals surface area contributed by atoms with Gasteiger partial charge in [-0.15, -0.1) is 0 Å². The summed E-state index contributed by atoms with van der Waals surface area (Å²) in [4.78, 5) is 29.4. The summed E-state index contributed by atoms with van der Waals surface area (Å²) in [5.74, 6) is -0.0752. The summed E-state index contributed by atoms with van der Waals surface area (Å²) in [5, 5.41) is 4.35. The molecule has 0 saturated heterocycles. The minimum absolute atomic E-state index is 0.00748. The van der Waals surface area contributed by atoms with Crippen molar-refractivity contribution >= 4 is 40.6 Å². The van der Waals surface area contributed by atoms with Crippen LogP contribution in [0.2, 0.25) is 5.02 Å². The van der Waals surface area contributed by atoms with Crippen molar-refractivity contribution in [1.29, 1.82) is 0 Å². The molecule has 0 radical (unpaired) electrons. The second-order valence-electron chi connectivity index (χ2n) is 5.92. The lowest BCUT2D eigenvalue weighted by Crippen LogP contribution is -2.57. The van der Waals surface area contributed by atoms with Gasteiger partial charge in [0.05, 0.1) is 30.6 Å². The van der Waals surface area contributed by atoms with Crippen LogP contribution < -0.4 is 25.2 Å². The van der Waals surface area contributed by atoms with Crippen LogP contribution in [0.4, 0.5) is 11.4 Å². The third-order valence-corrected chi connectivity index (χ3v) is 4.37. The number of nitrogens with zero attached hydrogens (tertiary/aromatic N) is 2. The number of methoxy groups -OCH3 is 2. The summed E-state index contributed by atoms with van der Waals surface area (Å²) in [5.41, 5.74) is 3.73. The molecule has 0 bridgehead atoms. The number of amides is 2. The van der Waals surface area contributed by atoms with Crippen molar-refractivity contribution in [2.45, 2.75) is 13.0 Å². The van der Waals surface area contributed by atoms with Gasteiger partial charge in [0.25, 0.3) is 11.8 Å². The van der Waals surface area contributed by atoms with E-state index in [4.69, 9.17) is 21.1 Å². The summed E-state index contributed by atoms with van der Waals surface area (Å²) < 4.78 is 10.4. The van der Waals surface area contributed by atoms with E-state index in [1.807, 2.05) is 6.07 Å². The highest BCUT2D eigenvalue weighted by Gasteiger charge is 2.31. The Morgan fingerprint density at radius 1 is 1.18 bits per heavy atom. The first-order chi connectivity index (χ1) is 13.4. The normalized spacial score (nSPS) is 16.1. The number of carbonyl (C=O) groups is 2. The van der Waals surface area contributed by atoms with Crippen LogP contribution in [-0.4, -0.2) is 37.9 Å². The number of nitrogens with one attached hydrogen (secondary N) is 2. The zero-order valence-corrected chi connectivity index (χ0v) is 16.3. The fourth-order valence-electron chi connectivity index (χ4n) is 2.64. The van der Waals surface area contributed by atoms with Crippen molar-refractivity contribution in [3.8, 4) is 11.5 Å². The Bertz CT molecular complexity index is 933. The fraction of sp³-hybridized carbons (Fsp3) is 0.211. The number of para-hydroxylation sites is 1. The predicted molar refractivity (Wildman–Crippen MR) is 107 cm³/mol. The fourth-order valence-corrected chi connectivity index (χ4v) is 2.87. The Hall–Kier alpha value is -3.26. The van der Waals surface area contributed by atoms with E-state index in [0.29, 0.717) is 27.9 Å². The van der Waals surface area contributed by atoms with Gasteiger partial charge in [-0.3, -0.25) is 15.0 Å². The SMILES string of the molecule is COc1cc(NC(=O)C2=NC(C)C(=O)N(c3ccccc3)N2)c(OC)cc1Cl. The molecule has 1 aliphatic rings. The number of ether oxygens (including phenoxy) is 2. The number of hydrogen-bond acceptors (Lipinski definition) is 6. The van der Waals surface area contributed by atoms with E-state index >= 15 is 0 Å². The molecule has 1 aliphatic heterocycles. The van der Waals surface area contributed by atoms with Crippen LogP contribution in [0.5, 0.6) is 11.5 Å². The molecule has 9 heteroatoms. The number of anilines is 2. The molecule has 1 atom stereocenters. The van der Waals surface area contributed by atoms with Crippen molar-refractivity contribution in [3.63, 3.8) is 0 Å². The molecule has 8 nitrogen and oxygen atoms in total. The summed E-state index contributed by atoms with van der Waals surface area (Å²) >= 11 is 6.09. The van der Waals surface area contributed by atoms with Crippen LogP contribution in [0.25, 0.3) is 0 Å². The average molecular weight is 403 g/mol. The third kappa shape index (κ3) is 3.86. The summed E-state index contributed by atoms with van der Waals surface area (Å²) in [7, 11) is 2.93. The molecule has 2 amide bonds. The van der Waals surface area contributed by atoms with Gasteiger partial charge in [0.15, 0.2) is 0 Å². The van der Waals surface area contributed by atoms with Crippen molar-refractivity contribution < 1.29 is 19.1 Å². The lowest BCUT2D eigenvalue weighted by molar-refractivity contribution is -0.120. The van der Waals surface area contributed by atoms with Crippen LogP contribution in [0.15, 0.2) is 47.5 Å². The molecule has 146 valence electrons. The number of benzene rings is 2. The summed E-state index contributed by atoms with van der Waals surface area (Å²) in [6.45, 7) is 1.62. The number of amidine groups is 1. The number of carbonyl (C=O) groups excluding carboxylic acids is 2. The molecule has 1 unspecified atom stereocenters. The van der Waals surface area contributed by atoms with Crippen LogP contribution in [-0.2, 0) is 9.59 Å². The lowest BCUT2D eigenvalue weighted by atomic mass is 10.2. The van der Waals surface area contributed by atoms with Crippen LogP contribution >= 0.6 is 11.6 Å². The Kier molecular flexibility index (Phi) is 5.70. The van der Waals surface area contributed by atoms with Crippen molar-refractivity contribution in [1.82, 2.24) is 5.43 Å². The molecular weight excluding hydrogens is 384 g/mol. The number of rotatable bonds is 5. The van der Waals surface area contributed by atoms with Gasteiger partial charge in [-0.25, -0.2) is 10.0 Å². The van der Waals surface area contributed by atoms with Crippen molar-refractivity contribution in [2.24, 2.45) is 4.99 Å². The average Bonchev–Trinajstić information content (AvgIpc) is 2.71. The second-order valence-corrected chi connectivity index (χ2v) is 6.32. The molecule has 28 heavy (non-hydrogen) atoms. The monoisotopic (exact) mass is 402 g/mol. The molecule has 1 heterocycles. The van der Waals surface area contributed by atoms with Gasteiger partial charge in [-0.1, -0.05) is 29.8 Å². The Morgan fingerprint density at radius 3 is 2.50 bits per heavy atom. The Labute approximate surface area is 167 Å². The highest BCUT2D eigenvalue weighted by Crippen LogP contribution is 2.35. The highest BCUT2D eigenvalue weighted by atomic mass is 35.5. The number of hydrazine groups is 1. The minimum Gasteiger partial charge on any atom is -0.495 e. The molecule has 0 aliphatic carbocycles. The smallest absolute Gasteiger partial charge is 0.292 e. The van der Waals surface area contributed by atoms with Crippen LogP contribution in [0.1, 0.15) is 6.92 Å². The zero-order chi connectivity index (χ0) is 20.3. The van der Waals surface area contributed by atoms with Gasteiger partial charge in [-0.05, 0) is 19.1 Å². The first kappa shape index (κ1) is 19.5. The summed E-state index contributed by atoms with van der Waals surface area (Å²) in [6.07, 6.45) is 0. The third-order valence-electron chi connectivity index (χ3n) is 4.07. The second kappa shape index (κ2) is 8.18. The predicted octanol–water partition coefficient (Wildman–Crippen LogP) is 2.63. The number of halogens is 1. The van der Waals surface area contributed by atoms with Gasteiger partial charge >= 0.3 is 0 Å². The molecule has 2 N–H and O–H groups in total. The largest absolute Gasteiger partial charge is 0.495 e. The van der Waals surface area contributed by atoms with E-state index < -0.39 is 11.9 Å². The van der Waals surface area contributed by atoms with Crippen molar-refractivity contribution in [2.75, 3.05) is 24.5 Å². The van der Waals surface area contributed by atoms with Gasteiger partial charge in [-0.2, -0.15) is 0 Å². The molecule has 0 spiro atoms. The van der Waals surface area contributed by atoms with Gasteiger partial charge < -0.3 is 14.8 Å². The van der Waals surface area contributed by atoms with E-state index in [9.17, 15) is 9.59 Å². The van der Waals surface area contributed by atoms with Gasteiger partial charge in [0, 0.05) is 12.1 Å². The first-order valence-corrected chi connectivity index (χ1v) is 8.78. The molecule has 0 aromatic heterocycles. The zero-order valence-electron chi connectivity index (χ0n) is 15.5. The molecule has 0 saturated carbocycles. The molecular formula is C19H19ClN4O4. The van der Waals surface area contributed by atoms with Gasteiger partial charge in [0.2, 0.25) is 5.84 Å². The Morgan fingerprint density at radius 2 is 1.86 bits per heavy atom. The van der Waals surface area contributed by atoms with E-state index in [-0.39, 0.29) is 11.7 Å². The van der Waals surface area contributed by atoms with E-state index in [1.165, 1.54) is 25.3 Å². The quantitative estimate of drug-likeness (QED) is 0.802. The number of hydrogen-bond donors (Lipinski definition) is 2. The Balaban J connectivity index is 1.86. The lowest BCUT2D eigenvalue weighted by Gasteiger charge is -2.30. The van der Waals surface area contributed by atoms with Gasteiger partial charge in [0.1, 0.15) is 17.5 Å². The molecule has 0 fully saturated rings. The van der Waals surface area contributed by atoms with E-state index in [2.05, 4.69) is 15.7 Å².